The molecule has 1 N–H and O–H groups in total. The summed E-state index contributed by atoms with van der Waals surface area (Å²) in [5.41, 5.74) is 0.300. The van der Waals surface area contributed by atoms with Gasteiger partial charge in [-0.25, -0.2) is 4.79 Å². The molecule has 0 amide bonds. The molecule has 2 heterocycles. The van der Waals surface area contributed by atoms with E-state index in [1.807, 2.05) is 0 Å². The number of hydrogen-bond donors (Lipinski definition) is 1. The van der Waals surface area contributed by atoms with Crippen LogP contribution < -0.4 is 0 Å². The molecule has 2 aliphatic rings. The maximum absolute atomic E-state index is 11.0. The Kier molecular flexibility index (Phi) is 3.35. The molecule has 0 spiro atoms. The zero-order chi connectivity index (χ0) is 13.4. The molecule has 2 unspecified atom stereocenters. The molecule has 2 atom stereocenters. The third-order valence-corrected chi connectivity index (χ3v) is 4.68. The number of aromatic carboxylic acids is 1. The van der Waals surface area contributed by atoms with Crippen LogP contribution in [-0.4, -0.2) is 28.6 Å². The number of likely N-dealkylation sites (tertiary alicyclic amines) is 1. The lowest BCUT2D eigenvalue weighted by molar-refractivity contribution is 0.0695. The van der Waals surface area contributed by atoms with Crippen LogP contribution in [0.25, 0.3) is 0 Å². The van der Waals surface area contributed by atoms with Gasteiger partial charge < -0.3 is 9.52 Å². The van der Waals surface area contributed by atoms with Gasteiger partial charge in [-0.15, -0.1) is 0 Å². The van der Waals surface area contributed by atoms with Gasteiger partial charge in [-0.3, -0.25) is 4.90 Å². The van der Waals surface area contributed by atoms with Crippen LogP contribution in [0.4, 0.5) is 0 Å². The van der Waals surface area contributed by atoms with E-state index in [-0.39, 0.29) is 0 Å². The van der Waals surface area contributed by atoms with E-state index < -0.39 is 5.97 Å². The van der Waals surface area contributed by atoms with Crippen LogP contribution >= 0.6 is 0 Å². The van der Waals surface area contributed by atoms with Crippen LogP contribution in [0.2, 0.25) is 0 Å². The Morgan fingerprint density at radius 3 is 2.95 bits per heavy atom. The lowest BCUT2D eigenvalue weighted by Crippen LogP contribution is -2.34. The SMILES string of the molecule is Cc1oc(CN2CCC3CCCCC32)cc1C(=O)O. The first-order valence-corrected chi connectivity index (χ1v) is 7.22. The fourth-order valence-electron chi connectivity index (χ4n) is 3.73. The minimum Gasteiger partial charge on any atom is -0.478 e. The monoisotopic (exact) mass is 263 g/mol. The minimum absolute atomic E-state index is 0.300. The smallest absolute Gasteiger partial charge is 0.339 e. The van der Waals surface area contributed by atoms with Gasteiger partial charge in [-0.1, -0.05) is 12.8 Å². The van der Waals surface area contributed by atoms with Crippen LogP contribution in [0.15, 0.2) is 10.5 Å². The molecule has 4 heteroatoms. The summed E-state index contributed by atoms with van der Waals surface area (Å²) in [5.74, 6) is 1.26. The van der Waals surface area contributed by atoms with Gasteiger partial charge in [0.05, 0.1) is 6.54 Å². The predicted octanol–water partition coefficient (Wildman–Crippen LogP) is 3.05. The third kappa shape index (κ3) is 2.41. The van der Waals surface area contributed by atoms with Crippen LogP contribution in [-0.2, 0) is 6.54 Å². The number of hydrogen-bond acceptors (Lipinski definition) is 3. The highest BCUT2D eigenvalue weighted by Crippen LogP contribution is 2.37. The van der Waals surface area contributed by atoms with Crippen molar-refractivity contribution >= 4 is 5.97 Å². The molecule has 0 aromatic carbocycles. The number of furan rings is 1. The lowest BCUT2D eigenvalue weighted by atomic mass is 9.85. The fraction of sp³-hybridized carbons (Fsp3) is 0.667. The van der Waals surface area contributed by atoms with Crippen molar-refractivity contribution in [3.8, 4) is 0 Å². The summed E-state index contributed by atoms with van der Waals surface area (Å²) in [6.07, 6.45) is 6.64. The highest BCUT2D eigenvalue weighted by atomic mass is 16.4. The summed E-state index contributed by atoms with van der Waals surface area (Å²) in [7, 11) is 0. The largest absolute Gasteiger partial charge is 0.478 e. The molecule has 19 heavy (non-hydrogen) atoms. The quantitative estimate of drug-likeness (QED) is 0.910. The summed E-state index contributed by atoms with van der Waals surface area (Å²) >= 11 is 0. The van der Waals surface area contributed by atoms with Crippen LogP contribution in [0.3, 0.4) is 0 Å². The lowest BCUT2D eigenvalue weighted by Gasteiger charge is -2.31. The Morgan fingerprint density at radius 2 is 2.21 bits per heavy atom. The summed E-state index contributed by atoms with van der Waals surface area (Å²) in [6.45, 7) is 3.60. The number of fused-ring (bicyclic) bond motifs is 1. The second kappa shape index (κ2) is 5.00. The molecule has 1 aromatic heterocycles. The number of rotatable bonds is 3. The Labute approximate surface area is 113 Å². The van der Waals surface area contributed by atoms with Gasteiger partial charge in [-0.2, -0.15) is 0 Å². The van der Waals surface area contributed by atoms with E-state index in [4.69, 9.17) is 9.52 Å². The molecule has 2 fully saturated rings. The van der Waals surface area contributed by atoms with Crippen molar-refractivity contribution in [2.75, 3.05) is 6.54 Å². The zero-order valence-electron chi connectivity index (χ0n) is 11.4. The second-order valence-electron chi connectivity index (χ2n) is 5.86. The van der Waals surface area contributed by atoms with E-state index in [2.05, 4.69) is 4.90 Å². The summed E-state index contributed by atoms with van der Waals surface area (Å²) in [6, 6.07) is 2.38. The van der Waals surface area contributed by atoms with Gasteiger partial charge >= 0.3 is 5.97 Å². The summed E-state index contributed by atoms with van der Waals surface area (Å²) < 4.78 is 5.60. The minimum atomic E-state index is -0.899. The van der Waals surface area contributed by atoms with Gasteiger partial charge in [0.1, 0.15) is 17.1 Å². The summed E-state index contributed by atoms with van der Waals surface area (Å²) in [5, 5.41) is 9.05. The highest BCUT2D eigenvalue weighted by molar-refractivity contribution is 5.88. The maximum atomic E-state index is 11.0. The standard InChI is InChI=1S/C15H21NO3/c1-10-13(15(17)18)8-12(19-10)9-16-7-6-11-4-2-3-5-14(11)16/h8,11,14H,2-7,9H2,1H3,(H,17,18). The predicted molar refractivity (Wildman–Crippen MR) is 71.2 cm³/mol. The molecule has 1 aliphatic carbocycles. The van der Waals surface area contributed by atoms with E-state index in [1.54, 1.807) is 13.0 Å². The molecule has 4 nitrogen and oxygen atoms in total. The van der Waals surface area contributed by atoms with Crippen molar-refractivity contribution in [2.24, 2.45) is 5.92 Å². The van der Waals surface area contributed by atoms with E-state index in [0.717, 1.165) is 24.8 Å². The first-order valence-electron chi connectivity index (χ1n) is 7.22. The van der Waals surface area contributed by atoms with Crippen molar-refractivity contribution in [2.45, 2.75) is 51.6 Å². The first-order chi connectivity index (χ1) is 9.15. The maximum Gasteiger partial charge on any atom is 0.339 e. The van der Waals surface area contributed by atoms with Gasteiger partial charge in [0, 0.05) is 6.04 Å². The van der Waals surface area contributed by atoms with Crippen molar-refractivity contribution in [1.29, 1.82) is 0 Å². The van der Waals surface area contributed by atoms with E-state index in [1.165, 1.54) is 32.1 Å². The van der Waals surface area contributed by atoms with Crippen LogP contribution in [0.5, 0.6) is 0 Å². The Bertz CT molecular complexity index is 480. The van der Waals surface area contributed by atoms with Gasteiger partial charge in [0.15, 0.2) is 0 Å². The van der Waals surface area contributed by atoms with Crippen molar-refractivity contribution in [3.05, 3.63) is 23.2 Å². The van der Waals surface area contributed by atoms with E-state index >= 15 is 0 Å². The molecule has 1 aliphatic heterocycles. The van der Waals surface area contributed by atoms with Crippen molar-refractivity contribution in [1.82, 2.24) is 4.90 Å². The molecule has 0 bridgehead atoms. The number of nitrogens with zero attached hydrogens (tertiary/aromatic N) is 1. The van der Waals surface area contributed by atoms with Crippen molar-refractivity contribution in [3.63, 3.8) is 0 Å². The highest BCUT2D eigenvalue weighted by Gasteiger charge is 2.35. The number of aryl methyl sites for hydroxylation is 1. The number of carboxylic acid groups (broad SMARTS) is 1. The topological polar surface area (TPSA) is 53.7 Å². The molecular formula is C15H21NO3. The third-order valence-electron chi connectivity index (χ3n) is 4.68. The Morgan fingerprint density at radius 1 is 1.42 bits per heavy atom. The van der Waals surface area contributed by atoms with Crippen molar-refractivity contribution < 1.29 is 14.3 Å². The van der Waals surface area contributed by atoms with Gasteiger partial charge in [-0.05, 0) is 44.7 Å². The van der Waals surface area contributed by atoms with E-state index in [9.17, 15) is 4.79 Å². The molecule has 3 rings (SSSR count). The normalized spacial score (nSPS) is 27.4. The Hall–Kier alpha value is -1.29. The average molecular weight is 263 g/mol. The molecule has 104 valence electrons. The Balaban J connectivity index is 1.71. The molecule has 1 saturated heterocycles. The molecule has 1 saturated carbocycles. The van der Waals surface area contributed by atoms with Crippen LogP contribution in [0.1, 0.15) is 54.0 Å². The molecule has 1 aromatic rings. The number of carboxylic acids is 1. The van der Waals surface area contributed by atoms with Gasteiger partial charge in [0.25, 0.3) is 0 Å². The summed E-state index contributed by atoms with van der Waals surface area (Å²) in [4.78, 5) is 13.5. The van der Waals surface area contributed by atoms with Gasteiger partial charge in [0.2, 0.25) is 0 Å². The first kappa shape index (κ1) is 12.7. The van der Waals surface area contributed by atoms with E-state index in [0.29, 0.717) is 17.4 Å². The molecular weight excluding hydrogens is 242 g/mol. The van der Waals surface area contributed by atoms with Crippen LogP contribution in [0, 0.1) is 12.8 Å². The second-order valence-corrected chi connectivity index (χ2v) is 5.86. The molecule has 0 radical (unpaired) electrons. The fourth-order valence-corrected chi connectivity index (χ4v) is 3.73. The average Bonchev–Trinajstić information content (AvgIpc) is 2.95. The number of carbonyl (C=O) groups is 1. The zero-order valence-corrected chi connectivity index (χ0v) is 11.4.